The van der Waals surface area contributed by atoms with E-state index >= 15 is 0 Å². The average Bonchev–Trinajstić information content (AvgIpc) is 3.30. The lowest BCUT2D eigenvalue weighted by molar-refractivity contribution is -0.00177. The third-order valence-corrected chi connectivity index (χ3v) is 7.37. The lowest BCUT2D eigenvalue weighted by atomic mass is 9.79. The summed E-state index contributed by atoms with van der Waals surface area (Å²) >= 11 is 0. The van der Waals surface area contributed by atoms with Crippen LogP contribution in [0.15, 0.2) is 36.7 Å². The van der Waals surface area contributed by atoms with Crippen LogP contribution >= 0.6 is 0 Å². The van der Waals surface area contributed by atoms with Crippen LogP contribution in [0.4, 0.5) is 10.1 Å². The Labute approximate surface area is 208 Å². The van der Waals surface area contributed by atoms with Crippen molar-refractivity contribution in [1.82, 2.24) is 24.8 Å². The van der Waals surface area contributed by atoms with Gasteiger partial charge in [-0.25, -0.2) is 8.91 Å². The molecule has 36 heavy (non-hydrogen) atoms. The Balaban J connectivity index is 1.49. The van der Waals surface area contributed by atoms with Gasteiger partial charge >= 0.3 is 0 Å². The number of aromatic nitrogens is 3. The van der Waals surface area contributed by atoms with E-state index in [0.29, 0.717) is 22.5 Å². The SMILES string of the molecule is CC(C)(O)C(F)CNC(=O)c1cnc(-c2ccc3cc(C#N)cnn23)cc1NC12CCN(CC1)CC2. The van der Waals surface area contributed by atoms with E-state index in [-0.39, 0.29) is 12.1 Å². The highest BCUT2D eigenvalue weighted by Crippen LogP contribution is 2.37. The fourth-order valence-electron chi connectivity index (χ4n) is 4.96. The number of piperidine rings is 3. The van der Waals surface area contributed by atoms with Crippen molar-refractivity contribution in [1.29, 1.82) is 5.26 Å². The molecule has 0 radical (unpaired) electrons. The number of pyridine rings is 1. The molecule has 3 fully saturated rings. The summed E-state index contributed by atoms with van der Waals surface area (Å²) in [5.41, 5.74) is 1.87. The van der Waals surface area contributed by atoms with Gasteiger partial charge in [0.25, 0.3) is 5.91 Å². The number of nitriles is 1. The van der Waals surface area contributed by atoms with E-state index in [4.69, 9.17) is 0 Å². The number of rotatable bonds is 7. The van der Waals surface area contributed by atoms with Crippen LogP contribution in [0.5, 0.6) is 0 Å². The predicted molar refractivity (Wildman–Crippen MR) is 133 cm³/mol. The number of amides is 1. The lowest BCUT2D eigenvalue weighted by Crippen LogP contribution is -2.56. The smallest absolute Gasteiger partial charge is 0.255 e. The van der Waals surface area contributed by atoms with Crippen molar-refractivity contribution in [3.63, 3.8) is 0 Å². The molecule has 0 aromatic carbocycles. The van der Waals surface area contributed by atoms with Crippen LogP contribution in [-0.2, 0) is 0 Å². The molecule has 3 N–H and O–H groups in total. The average molecular weight is 492 g/mol. The van der Waals surface area contributed by atoms with Crippen LogP contribution in [0.2, 0.25) is 0 Å². The zero-order chi connectivity index (χ0) is 25.5. The van der Waals surface area contributed by atoms with Crippen molar-refractivity contribution < 1.29 is 14.3 Å². The second kappa shape index (κ2) is 9.15. The zero-order valence-electron chi connectivity index (χ0n) is 20.5. The van der Waals surface area contributed by atoms with Gasteiger partial charge in [-0.3, -0.25) is 9.78 Å². The van der Waals surface area contributed by atoms with E-state index in [9.17, 15) is 19.6 Å². The molecule has 3 aromatic rings. The molecule has 1 unspecified atom stereocenters. The van der Waals surface area contributed by atoms with Gasteiger partial charge in [0, 0.05) is 31.4 Å². The van der Waals surface area contributed by atoms with E-state index in [1.54, 1.807) is 10.6 Å². The minimum atomic E-state index is -1.61. The minimum Gasteiger partial charge on any atom is -0.387 e. The summed E-state index contributed by atoms with van der Waals surface area (Å²) in [5, 5.41) is 29.7. The van der Waals surface area contributed by atoms with Crippen LogP contribution in [0.3, 0.4) is 0 Å². The van der Waals surface area contributed by atoms with Crippen LogP contribution in [0, 0.1) is 11.3 Å². The number of hydrogen-bond acceptors (Lipinski definition) is 7. The molecular weight excluding hydrogens is 461 g/mol. The summed E-state index contributed by atoms with van der Waals surface area (Å²) in [6, 6.07) is 9.44. The third kappa shape index (κ3) is 4.64. The maximum atomic E-state index is 14.3. The first-order valence-corrected chi connectivity index (χ1v) is 12.2. The molecule has 3 aliphatic rings. The summed E-state index contributed by atoms with van der Waals surface area (Å²) < 4.78 is 16.0. The summed E-state index contributed by atoms with van der Waals surface area (Å²) in [5.74, 6) is -0.454. The molecule has 9 nitrogen and oxygen atoms in total. The number of halogens is 1. The molecule has 0 saturated carbocycles. The van der Waals surface area contributed by atoms with Gasteiger partial charge in [0.2, 0.25) is 0 Å². The van der Waals surface area contributed by atoms with E-state index in [0.717, 1.165) is 50.1 Å². The normalized spacial score (nSPS) is 22.2. The molecule has 3 saturated heterocycles. The Morgan fingerprint density at radius 2 is 1.97 bits per heavy atom. The summed E-state index contributed by atoms with van der Waals surface area (Å²) in [7, 11) is 0. The Kier molecular flexibility index (Phi) is 6.14. The number of hydrogen-bond donors (Lipinski definition) is 3. The van der Waals surface area contributed by atoms with Crippen molar-refractivity contribution in [2.24, 2.45) is 0 Å². The number of nitrogens with one attached hydrogen (secondary N) is 2. The maximum absolute atomic E-state index is 14.3. The number of carbonyl (C=O) groups is 1. The van der Waals surface area contributed by atoms with Crippen molar-refractivity contribution in [2.75, 3.05) is 31.5 Å². The molecule has 1 atom stereocenters. The maximum Gasteiger partial charge on any atom is 0.255 e. The number of anilines is 1. The Bertz CT molecular complexity index is 1320. The van der Waals surface area contributed by atoms with Crippen molar-refractivity contribution >= 4 is 17.1 Å². The second-order valence-electron chi connectivity index (χ2n) is 10.4. The van der Waals surface area contributed by atoms with Gasteiger partial charge in [-0.2, -0.15) is 10.4 Å². The van der Waals surface area contributed by atoms with E-state index in [1.165, 1.54) is 26.2 Å². The van der Waals surface area contributed by atoms with Gasteiger partial charge in [-0.05, 0) is 57.4 Å². The predicted octanol–water partition coefficient (Wildman–Crippen LogP) is 2.76. The van der Waals surface area contributed by atoms with Gasteiger partial charge in [0.1, 0.15) is 12.2 Å². The Morgan fingerprint density at radius 3 is 2.64 bits per heavy atom. The standard InChI is InChI=1S/C26H30FN7O2/c1-25(2,36)23(27)16-30-24(35)19-15-29-21(22-4-3-18-11-17(13-28)14-31-34(18)22)12-20(19)32-26-5-8-33(9-6-26)10-7-26/h3-4,11-12,14-15,23,36H,5-10,16H2,1-2H3,(H,29,32)(H,30,35). The van der Waals surface area contributed by atoms with Crippen LogP contribution in [-0.4, -0.2) is 74.0 Å². The van der Waals surface area contributed by atoms with Gasteiger partial charge in [-0.15, -0.1) is 0 Å². The van der Waals surface area contributed by atoms with Gasteiger partial charge in [0.05, 0.1) is 52.1 Å². The van der Waals surface area contributed by atoms with Crippen molar-refractivity contribution in [3.05, 3.63) is 47.8 Å². The fraction of sp³-hybridized carbons (Fsp3) is 0.462. The quantitative estimate of drug-likeness (QED) is 0.465. The lowest BCUT2D eigenvalue weighted by Gasteiger charge is -2.49. The van der Waals surface area contributed by atoms with E-state index < -0.39 is 17.7 Å². The second-order valence-corrected chi connectivity index (χ2v) is 10.4. The first kappa shape index (κ1) is 24.2. The summed E-state index contributed by atoms with van der Waals surface area (Å²) in [6.07, 6.45) is 4.32. The highest BCUT2D eigenvalue weighted by Gasteiger charge is 2.40. The largest absolute Gasteiger partial charge is 0.387 e. The number of nitrogens with zero attached hydrogens (tertiary/aromatic N) is 5. The summed E-state index contributed by atoms with van der Waals surface area (Å²) in [6.45, 7) is 5.47. The molecule has 6 rings (SSSR count). The van der Waals surface area contributed by atoms with Gasteiger partial charge < -0.3 is 20.6 Å². The molecule has 188 valence electrons. The first-order chi connectivity index (χ1) is 17.2. The van der Waals surface area contributed by atoms with Crippen LogP contribution in [0.25, 0.3) is 16.9 Å². The highest BCUT2D eigenvalue weighted by molar-refractivity contribution is 6.00. The molecule has 3 aliphatic heterocycles. The van der Waals surface area contributed by atoms with E-state index in [1.807, 2.05) is 18.2 Å². The molecule has 0 aliphatic carbocycles. The number of aliphatic hydroxyl groups is 1. The monoisotopic (exact) mass is 491 g/mol. The van der Waals surface area contributed by atoms with Crippen molar-refractivity contribution in [2.45, 2.75) is 50.4 Å². The topological polar surface area (TPSA) is 119 Å². The zero-order valence-corrected chi connectivity index (χ0v) is 20.5. The van der Waals surface area contributed by atoms with Crippen LogP contribution < -0.4 is 10.6 Å². The molecule has 10 heteroatoms. The number of carbonyl (C=O) groups excluding carboxylic acids is 1. The number of alkyl halides is 1. The number of fused-ring (bicyclic) bond motifs is 4. The Morgan fingerprint density at radius 1 is 1.25 bits per heavy atom. The third-order valence-electron chi connectivity index (χ3n) is 7.37. The summed E-state index contributed by atoms with van der Waals surface area (Å²) in [4.78, 5) is 20.1. The fourth-order valence-corrected chi connectivity index (χ4v) is 4.96. The minimum absolute atomic E-state index is 0.112. The van der Waals surface area contributed by atoms with Crippen LogP contribution in [0.1, 0.15) is 49.0 Å². The van der Waals surface area contributed by atoms with Gasteiger partial charge in [0.15, 0.2) is 0 Å². The molecule has 1 amide bonds. The first-order valence-electron chi connectivity index (χ1n) is 12.2. The molecule has 6 heterocycles. The van der Waals surface area contributed by atoms with Crippen molar-refractivity contribution in [3.8, 4) is 17.5 Å². The molecule has 0 spiro atoms. The molecule has 2 bridgehead atoms. The highest BCUT2D eigenvalue weighted by atomic mass is 19.1. The molecular formula is C26H30FN7O2. The van der Waals surface area contributed by atoms with E-state index in [2.05, 4.69) is 31.7 Å². The molecule has 3 aromatic heterocycles. The van der Waals surface area contributed by atoms with Gasteiger partial charge in [-0.1, -0.05) is 0 Å². The Hall–Kier alpha value is -3.55.